The summed E-state index contributed by atoms with van der Waals surface area (Å²) in [6, 6.07) is 11.2. The van der Waals surface area contributed by atoms with E-state index in [0.717, 1.165) is 18.2 Å². The number of carbonyl (C=O) groups is 1. The molecule has 2 aromatic rings. The summed E-state index contributed by atoms with van der Waals surface area (Å²) in [4.78, 5) is 12.3. The minimum Gasteiger partial charge on any atom is -0.379 e. The third-order valence-electron chi connectivity index (χ3n) is 4.04. The van der Waals surface area contributed by atoms with Crippen LogP contribution in [0.5, 0.6) is 0 Å². The zero-order valence-electron chi connectivity index (χ0n) is 14.2. The predicted molar refractivity (Wildman–Crippen MR) is 95.1 cm³/mol. The van der Waals surface area contributed by atoms with Gasteiger partial charge in [0.2, 0.25) is 10.0 Å². The summed E-state index contributed by atoms with van der Waals surface area (Å²) in [6.07, 6.45) is 0. The summed E-state index contributed by atoms with van der Waals surface area (Å²) in [6.45, 7) is 0.955. The van der Waals surface area contributed by atoms with Gasteiger partial charge in [-0.1, -0.05) is 6.07 Å². The summed E-state index contributed by atoms with van der Waals surface area (Å²) >= 11 is 0. The molecule has 0 aromatic heterocycles. The molecule has 1 aliphatic heterocycles. The minimum absolute atomic E-state index is 0.165. The Bertz CT molecular complexity index is 1010. The third kappa shape index (κ3) is 4.14. The summed E-state index contributed by atoms with van der Waals surface area (Å²) in [5, 5.41) is 11.4. The van der Waals surface area contributed by atoms with Gasteiger partial charge in [-0.3, -0.25) is 4.79 Å². The van der Waals surface area contributed by atoms with Crippen molar-refractivity contribution < 1.29 is 22.3 Å². The lowest BCUT2D eigenvalue weighted by Gasteiger charge is -2.26. The highest BCUT2D eigenvalue weighted by Crippen LogP contribution is 2.21. The lowest BCUT2D eigenvalue weighted by atomic mass is 10.1. The number of anilines is 1. The summed E-state index contributed by atoms with van der Waals surface area (Å²) in [5.74, 6) is -1.65. The predicted octanol–water partition coefficient (Wildman–Crippen LogP) is 1.97. The van der Waals surface area contributed by atoms with Crippen LogP contribution in [0.2, 0.25) is 0 Å². The first-order valence-electron chi connectivity index (χ1n) is 8.11. The van der Waals surface area contributed by atoms with Crippen LogP contribution >= 0.6 is 0 Å². The number of sulfonamides is 1. The summed E-state index contributed by atoms with van der Waals surface area (Å²) in [7, 11) is -3.85. The van der Waals surface area contributed by atoms with Crippen molar-refractivity contribution in [2.24, 2.45) is 0 Å². The van der Waals surface area contributed by atoms with Crippen molar-refractivity contribution in [1.29, 1.82) is 5.26 Å². The Labute approximate surface area is 156 Å². The monoisotopic (exact) mass is 389 g/mol. The molecular weight excluding hydrogens is 373 g/mol. The highest BCUT2D eigenvalue weighted by molar-refractivity contribution is 7.89. The second kappa shape index (κ2) is 7.84. The van der Waals surface area contributed by atoms with Gasteiger partial charge in [0.15, 0.2) is 0 Å². The average molecular weight is 389 g/mol. The molecule has 7 nitrogen and oxygen atoms in total. The van der Waals surface area contributed by atoms with Crippen LogP contribution in [0.1, 0.15) is 15.9 Å². The Morgan fingerprint density at radius 2 is 1.93 bits per heavy atom. The van der Waals surface area contributed by atoms with Crippen LogP contribution in [0.4, 0.5) is 10.1 Å². The largest absolute Gasteiger partial charge is 0.379 e. The van der Waals surface area contributed by atoms with Crippen LogP contribution < -0.4 is 5.32 Å². The number of hydrogen-bond donors (Lipinski definition) is 1. The molecule has 0 unspecified atom stereocenters. The van der Waals surface area contributed by atoms with Crippen molar-refractivity contribution in [2.75, 3.05) is 31.6 Å². The average Bonchev–Trinajstić information content (AvgIpc) is 2.69. The number of ether oxygens (including phenoxy) is 1. The number of nitrogens with zero attached hydrogens (tertiary/aromatic N) is 2. The molecule has 1 fully saturated rings. The van der Waals surface area contributed by atoms with E-state index < -0.39 is 27.3 Å². The van der Waals surface area contributed by atoms with Crippen LogP contribution in [0.3, 0.4) is 0 Å². The zero-order chi connectivity index (χ0) is 19.4. The second-order valence-electron chi connectivity index (χ2n) is 5.80. The molecule has 0 aliphatic carbocycles. The zero-order valence-corrected chi connectivity index (χ0v) is 15.0. The van der Waals surface area contributed by atoms with Crippen LogP contribution in [0, 0.1) is 17.1 Å². The van der Waals surface area contributed by atoms with Crippen LogP contribution in [0.15, 0.2) is 47.4 Å². The number of nitrogens with one attached hydrogen (secondary N) is 1. The van der Waals surface area contributed by atoms with Gasteiger partial charge in [0.05, 0.1) is 35.3 Å². The van der Waals surface area contributed by atoms with Crippen molar-refractivity contribution >= 4 is 21.6 Å². The molecule has 1 amide bonds. The number of halogens is 1. The van der Waals surface area contributed by atoms with Crippen molar-refractivity contribution in [2.45, 2.75) is 4.90 Å². The molecule has 0 spiro atoms. The first-order chi connectivity index (χ1) is 12.9. The molecule has 0 atom stereocenters. The molecule has 3 rings (SSSR count). The number of hydrogen-bond acceptors (Lipinski definition) is 5. The standard InChI is InChI=1S/C18H16FN3O4S/c19-17-5-4-15(27(24,25)22-6-8-26-9-7-22)11-16(17)18(23)21-14-3-1-2-13(10-14)12-20/h1-5,10-11H,6-9H2,(H,21,23). The maximum absolute atomic E-state index is 14.2. The molecule has 1 heterocycles. The maximum Gasteiger partial charge on any atom is 0.258 e. The molecular formula is C18H16FN3O4S. The molecule has 1 N–H and O–H groups in total. The number of benzene rings is 2. The summed E-state index contributed by atoms with van der Waals surface area (Å²) in [5.41, 5.74) is 0.239. The molecule has 27 heavy (non-hydrogen) atoms. The van der Waals surface area contributed by atoms with Gasteiger partial charge in [0.25, 0.3) is 5.91 Å². The smallest absolute Gasteiger partial charge is 0.258 e. The maximum atomic E-state index is 14.2. The van der Waals surface area contributed by atoms with Crippen LogP contribution in [-0.2, 0) is 14.8 Å². The van der Waals surface area contributed by atoms with Gasteiger partial charge in [-0.25, -0.2) is 12.8 Å². The molecule has 1 aliphatic rings. The normalized spacial score (nSPS) is 15.1. The topological polar surface area (TPSA) is 99.5 Å². The van der Waals surface area contributed by atoms with E-state index in [0.29, 0.717) is 11.3 Å². The molecule has 0 radical (unpaired) electrons. The van der Waals surface area contributed by atoms with Crippen molar-refractivity contribution in [3.05, 3.63) is 59.4 Å². The molecule has 0 saturated carbocycles. The van der Waals surface area contributed by atoms with Gasteiger partial charge in [-0.2, -0.15) is 9.57 Å². The Hall–Kier alpha value is -2.80. The van der Waals surface area contributed by atoms with Crippen molar-refractivity contribution in [3.63, 3.8) is 0 Å². The Morgan fingerprint density at radius 3 is 2.63 bits per heavy atom. The lowest BCUT2D eigenvalue weighted by Crippen LogP contribution is -2.40. The van der Waals surface area contributed by atoms with Gasteiger partial charge < -0.3 is 10.1 Å². The molecule has 140 valence electrons. The lowest BCUT2D eigenvalue weighted by molar-refractivity contribution is 0.0730. The number of nitriles is 1. The van der Waals surface area contributed by atoms with E-state index >= 15 is 0 Å². The molecule has 0 bridgehead atoms. The number of morpholine rings is 1. The van der Waals surface area contributed by atoms with Gasteiger partial charge in [-0.05, 0) is 36.4 Å². The first-order valence-corrected chi connectivity index (χ1v) is 9.55. The highest BCUT2D eigenvalue weighted by Gasteiger charge is 2.27. The fraction of sp³-hybridized carbons (Fsp3) is 0.222. The van der Waals surface area contributed by atoms with E-state index in [9.17, 15) is 17.6 Å². The van der Waals surface area contributed by atoms with Gasteiger partial charge in [0.1, 0.15) is 5.82 Å². The van der Waals surface area contributed by atoms with E-state index in [-0.39, 0.29) is 31.2 Å². The van der Waals surface area contributed by atoms with Crippen LogP contribution in [0.25, 0.3) is 0 Å². The van der Waals surface area contributed by atoms with Gasteiger partial charge in [0, 0.05) is 18.8 Å². The number of rotatable bonds is 4. The molecule has 1 saturated heterocycles. The van der Waals surface area contributed by atoms with E-state index in [1.807, 2.05) is 6.07 Å². The Balaban J connectivity index is 1.88. The Morgan fingerprint density at radius 1 is 1.19 bits per heavy atom. The molecule has 9 heteroatoms. The van der Waals surface area contributed by atoms with Crippen molar-refractivity contribution in [1.82, 2.24) is 4.31 Å². The highest BCUT2D eigenvalue weighted by atomic mass is 32.2. The van der Waals surface area contributed by atoms with E-state index in [2.05, 4.69) is 5.32 Å². The van der Waals surface area contributed by atoms with Gasteiger partial charge in [-0.15, -0.1) is 0 Å². The SMILES string of the molecule is N#Cc1cccc(NC(=O)c2cc(S(=O)(=O)N3CCOCC3)ccc2F)c1. The van der Waals surface area contributed by atoms with E-state index in [1.54, 1.807) is 18.2 Å². The quantitative estimate of drug-likeness (QED) is 0.862. The van der Waals surface area contributed by atoms with Crippen LogP contribution in [-0.4, -0.2) is 44.9 Å². The van der Waals surface area contributed by atoms with E-state index in [1.165, 1.54) is 10.4 Å². The second-order valence-corrected chi connectivity index (χ2v) is 7.74. The number of amides is 1. The number of carbonyl (C=O) groups excluding carboxylic acids is 1. The Kier molecular flexibility index (Phi) is 5.51. The van der Waals surface area contributed by atoms with E-state index in [4.69, 9.17) is 10.00 Å². The van der Waals surface area contributed by atoms with Crippen molar-refractivity contribution in [3.8, 4) is 6.07 Å². The minimum atomic E-state index is -3.85. The fourth-order valence-corrected chi connectivity index (χ4v) is 4.07. The van der Waals surface area contributed by atoms with Gasteiger partial charge >= 0.3 is 0 Å². The third-order valence-corrected chi connectivity index (χ3v) is 5.93. The molecule has 2 aromatic carbocycles. The summed E-state index contributed by atoms with van der Waals surface area (Å²) < 4.78 is 45.9. The first kappa shape index (κ1) is 19.0. The fourth-order valence-electron chi connectivity index (χ4n) is 2.64.